The Hall–Kier alpha value is -1.90. The lowest BCUT2D eigenvalue weighted by molar-refractivity contribution is -0.384. The van der Waals surface area contributed by atoms with Gasteiger partial charge in [-0.1, -0.05) is 11.6 Å². The van der Waals surface area contributed by atoms with Gasteiger partial charge in [0.1, 0.15) is 5.02 Å². The van der Waals surface area contributed by atoms with Crippen LogP contribution in [0.4, 0.5) is 5.69 Å². The first-order chi connectivity index (χ1) is 10.8. The predicted octanol–water partition coefficient (Wildman–Crippen LogP) is 2.82. The molecule has 0 saturated heterocycles. The van der Waals surface area contributed by atoms with Crippen molar-refractivity contribution in [3.8, 4) is 0 Å². The molecule has 1 aromatic heterocycles. The zero-order chi connectivity index (χ0) is 16.8. The van der Waals surface area contributed by atoms with Gasteiger partial charge in [0.25, 0.3) is 5.69 Å². The molecule has 1 aliphatic heterocycles. The van der Waals surface area contributed by atoms with E-state index in [0.29, 0.717) is 13.1 Å². The van der Waals surface area contributed by atoms with E-state index in [-0.39, 0.29) is 16.0 Å². The molecule has 0 unspecified atom stereocenters. The number of rotatable bonds is 3. The summed E-state index contributed by atoms with van der Waals surface area (Å²) >= 11 is 5.75. The fraction of sp³-hybridized carbons (Fsp3) is 0.286. The van der Waals surface area contributed by atoms with E-state index in [4.69, 9.17) is 11.6 Å². The summed E-state index contributed by atoms with van der Waals surface area (Å²) in [6.45, 7) is 2.65. The largest absolute Gasteiger partial charge is 0.349 e. The summed E-state index contributed by atoms with van der Waals surface area (Å²) in [4.78, 5) is 10.2. The van der Waals surface area contributed by atoms with Crippen molar-refractivity contribution < 1.29 is 13.3 Å². The maximum Gasteiger partial charge on any atom is 0.289 e. The molecular weight excluding hydrogens is 342 g/mol. The number of hydrogen-bond acceptors (Lipinski definition) is 4. The summed E-state index contributed by atoms with van der Waals surface area (Å²) in [5.41, 5.74) is 0.476. The first kappa shape index (κ1) is 16.0. The van der Waals surface area contributed by atoms with Crippen LogP contribution in [0.1, 0.15) is 18.7 Å². The number of benzene rings is 1. The van der Waals surface area contributed by atoms with Gasteiger partial charge in [0.2, 0.25) is 10.0 Å². The van der Waals surface area contributed by atoms with Gasteiger partial charge >= 0.3 is 0 Å². The van der Waals surface area contributed by atoms with Crippen LogP contribution in [0.25, 0.3) is 0 Å². The molecule has 1 aromatic carbocycles. The van der Waals surface area contributed by atoms with Gasteiger partial charge in [-0.2, -0.15) is 4.31 Å². The minimum atomic E-state index is -3.85. The van der Waals surface area contributed by atoms with Gasteiger partial charge < -0.3 is 4.57 Å². The number of nitrogens with zero attached hydrogens (tertiary/aromatic N) is 3. The number of sulfonamides is 1. The summed E-state index contributed by atoms with van der Waals surface area (Å²) in [6, 6.07) is 6.94. The molecule has 7 nitrogen and oxygen atoms in total. The molecule has 0 fully saturated rings. The van der Waals surface area contributed by atoms with Crippen LogP contribution >= 0.6 is 11.6 Å². The minimum Gasteiger partial charge on any atom is -0.349 e. The second kappa shape index (κ2) is 5.63. The highest BCUT2D eigenvalue weighted by Crippen LogP contribution is 2.33. The molecule has 23 heavy (non-hydrogen) atoms. The maximum absolute atomic E-state index is 12.9. The van der Waals surface area contributed by atoms with Gasteiger partial charge in [-0.05, 0) is 31.2 Å². The molecule has 0 radical (unpaired) electrons. The molecule has 2 aromatic rings. The van der Waals surface area contributed by atoms with Gasteiger partial charge in [-0.15, -0.1) is 0 Å². The quantitative estimate of drug-likeness (QED) is 0.625. The third-order valence-electron chi connectivity index (χ3n) is 4.01. The topological polar surface area (TPSA) is 85.5 Å². The van der Waals surface area contributed by atoms with Crippen molar-refractivity contribution in [2.45, 2.75) is 24.4 Å². The average molecular weight is 356 g/mol. The second-order valence-electron chi connectivity index (χ2n) is 5.29. The lowest BCUT2D eigenvalue weighted by Gasteiger charge is -2.33. The summed E-state index contributed by atoms with van der Waals surface area (Å²) in [5, 5.41) is 10.9. The van der Waals surface area contributed by atoms with E-state index in [1.54, 1.807) is 6.92 Å². The van der Waals surface area contributed by atoms with Crippen LogP contribution in [0, 0.1) is 10.1 Å². The Labute approximate surface area is 138 Å². The van der Waals surface area contributed by atoms with E-state index < -0.39 is 20.6 Å². The summed E-state index contributed by atoms with van der Waals surface area (Å²) < 4.78 is 29.1. The average Bonchev–Trinajstić information content (AvgIpc) is 2.96. The van der Waals surface area contributed by atoms with Crippen molar-refractivity contribution in [1.82, 2.24) is 8.87 Å². The number of nitro groups is 1. The summed E-state index contributed by atoms with van der Waals surface area (Å²) in [7, 11) is -3.85. The summed E-state index contributed by atoms with van der Waals surface area (Å²) in [6.07, 6.45) is 1.91. The molecule has 0 aliphatic carbocycles. The smallest absolute Gasteiger partial charge is 0.289 e. The zero-order valence-corrected chi connectivity index (χ0v) is 13.8. The predicted molar refractivity (Wildman–Crippen MR) is 84.8 cm³/mol. The van der Waals surface area contributed by atoms with Gasteiger partial charge in [0.15, 0.2) is 0 Å². The van der Waals surface area contributed by atoms with Crippen molar-refractivity contribution in [3.05, 3.63) is 57.4 Å². The van der Waals surface area contributed by atoms with E-state index in [1.807, 2.05) is 22.9 Å². The highest BCUT2D eigenvalue weighted by atomic mass is 35.5. The van der Waals surface area contributed by atoms with Crippen LogP contribution in [0.2, 0.25) is 5.02 Å². The standard InChI is InChI=1S/C14H14ClN3O4S/c1-10-13-3-2-6-16(13)7-8-17(10)23(21,22)11-4-5-12(15)14(9-11)18(19)20/h2-6,9-10H,7-8H2,1H3/t10-/m0/s1. The Balaban J connectivity index is 2.03. The van der Waals surface area contributed by atoms with Crippen molar-refractivity contribution in [2.24, 2.45) is 0 Å². The first-order valence-corrected chi connectivity index (χ1v) is 8.75. The normalized spacial score (nSPS) is 18.6. The molecule has 0 bridgehead atoms. The second-order valence-corrected chi connectivity index (χ2v) is 7.59. The molecule has 122 valence electrons. The van der Waals surface area contributed by atoms with Crippen LogP contribution in [0.5, 0.6) is 0 Å². The fourth-order valence-electron chi connectivity index (χ4n) is 2.81. The first-order valence-electron chi connectivity index (χ1n) is 6.93. The highest BCUT2D eigenvalue weighted by molar-refractivity contribution is 7.89. The minimum absolute atomic E-state index is 0.0884. The fourth-order valence-corrected chi connectivity index (χ4v) is 4.62. The van der Waals surface area contributed by atoms with Crippen LogP contribution in [-0.2, 0) is 16.6 Å². The number of fused-ring (bicyclic) bond motifs is 1. The molecule has 3 rings (SSSR count). The number of aromatic nitrogens is 1. The Morgan fingerprint density at radius 3 is 2.74 bits per heavy atom. The van der Waals surface area contributed by atoms with Gasteiger partial charge in [0, 0.05) is 31.0 Å². The molecular formula is C14H14ClN3O4S. The highest BCUT2D eigenvalue weighted by Gasteiger charge is 2.34. The van der Waals surface area contributed by atoms with Crippen LogP contribution in [0.3, 0.4) is 0 Å². The van der Waals surface area contributed by atoms with E-state index in [9.17, 15) is 18.5 Å². The molecule has 0 saturated carbocycles. The third-order valence-corrected chi connectivity index (χ3v) is 6.29. The van der Waals surface area contributed by atoms with Crippen molar-refractivity contribution in [2.75, 3.05) is 6.54 Å². The Morgan fingerprint density at radius 2 is 2.04 bits per heavy atom. The molecule has 0 N–H and O–H groups in total. The number of halogens is 1. The van der Waals surface area contributed by atoms with E-state index >= 15 is 0 Å². The summed E-state index contributed by atoms with van der Waals surface area (Å²) in [5.74, 6) is 0. The van der Waals surface area contributed by atoms with Crippen molar-refractivity contribution >= 4 is 27.3 Å². The SMILES string of the molecule is C[C@H]1c2cccn2CCN1S(=O)(=O)c1ccc(Cl)c([N+](=O)[O-])c1. The zero-order valence-electron chi connectivity index (χ0n) is 12.2. The number of hydrogen-bond donors (Lipinski definition) is 0. The van der Waals surface area contributed by atoms with Gasteiger partial charge in [0.05, 0.1) is 15.9 Å². The lowest BCUT2D eigenvalue weighted by atomic mass is 10.2. The molecule has 0 amide bonds. The van der Waals surface area contributed by atoms with Crippen LogP contribution < -0.4 is 0 Å². The molecule has 0 spiro atoms. The Morgan fingerprint density at radius 1 is 1.30 bits per heavy atom. The Bertz CT molecular complexity index is 878. The third kappa shape index (κ3) is 2.62. The maximum atomic E-state index is 12.9. The Kier molecular flexibility index (Phi) is 3.91. The number of nitro benzene ring substituents is 1. The molecule has 1 atom stereocenters. The van der Waals surface area contributed by atoms with E-state index in [1.165, 1.54) is 16.4 Å². The molecule has 1 aliphatic rings. The van der Waals surface area contributed by atoms with Gasteiger partial charge in [-0.3, -0.25) is 10.1 Å². The van der Waals surface area contributed by atoms with E-state index in [2.05, 4.69) is 0 Å². The van der Waals surface area contributed by atoms with Crippen molar-refractivity contribution in [3.63, 3.8) is 0 Å². The molecule has 9 heteroatoms. The van der Waals surface area contributed by atoms with E-state index in [0.717, 1.165) is 11.8 Å². The lowest BCUT2D eigenvalue weighted by Crippen LogP contribution is -2.40. The van der Waals surface area contributed by atoms with Crippen LogP contribution in [-0.4, -0.2) is 28.8 Å². The monoisotopic (exact) mass is 355 g/mol. The van der Waals surface area contributed by atoms with Crippen molar-refractivity contribution in [1.29, 1.82) is 0 Å². The van der Waals surface area contributed by atoms with Gasteiger partial charge in [-0.25, -0.2) is 8.42 Å². The molecule has 2 heterocycles. The van der Waals surface area contributed by atoms with Crippen LogP contribution in [0.15, 0.2) is 41.4 Å².